The van der Waals surface area contributed by atoms with Crippen LogP contribution in [0.15, 0.2) is 18.2 Å². The highest BCUT2D eigenvalue weighted by atomic mass is 35.5. The molecule has 0 saturated heterocycles. The molecule has 1 nitrogen and oxygen atoms in total. The van der Waals surface area contributed by atoms with Crippen LogP contribution in [-0.2, 0) is 6.54 Å². The van der Waals surface area contributed by atoms with Crippen molar-refractivity contribution in [1.29, 1.82) is 0 Å². The quantitative estimate of drug-likeness (QED) is 0.841. The number of nitrogens with one attached hydrogen (secondary N) is 1. The van der Waals surface area contributed by atoms with Gasteiger partial charge in [0, 0.05) is 17.6 Å². The average molecular weight is 266 g/mol. The maximum absolute atomic E-state index is 6.16. The molecule has 0 bridgehead atoms. The second-order valence-electron chi connectivity index (χ2n) is 5.68. The molecule has 2 rings (SSSR count). The third-order valence-corrected chi connectivity index (χ3v) is 4.96. The van der Waals surface area contributed by atoms with Crippen LogP contribution in [0.5, 0.6) is 0 Å². The van der Waals surface area contributed by atoms with E-state index in [1.165, 1.54) is 24.8 Å². The lowest BCUT2D eigenvalue weighted by Gasteiger charge is -2.21. The molecule has 0 aromatic heterocycles. The lowest BCUT2D eigenvalue weighted by molar-refractivity contribution is 0.344. The van der Waals surface area contributed by atoms with E-state index in [9.17, 15) is 0 Å². The smallest absolute Gasteiger partial charge is 0.0438 e. The van der Waals surface area contributed by atoms with Gasteiger partial charge in [0.05, 0.1) is 0 Å². The van der Waals surface area contributed by atoms with Crippen LogP contribution in [0.2, 0.25) is 5.02 Å². The molecule has 2 heteroatoms. The Morgan fingerprint density at radius 2 is 2.11 bits per heavy atom. The van der Waals surface area contributed by atoms with Crippen LogP contribution in [0.1, 0.15) is 44.2 Å². The second-order valence-corrected chi connectivity index (χ2v) is 6.08. The summed E-state index contributed by atoms with van der Waals surface area (Å²) >= 11 is 6.16. The molecule has 1 saturated carbocycles. The molecule has 3 unspecified atom stereocenters. The van der Waals surface area contributed by atoms with E-state index < -0.39 is 0 Å². The zero-order valence-corrected chi connectivity index (χ0v) is 12.4. The average Bonchev–Trinajstić information content (AvgIpc) is 2.72. The SMILES string of the molecule is CCC1CCC(NCc2ccc(C)c(Cl)c2)C1C. The summed E-state index contributed by atoms with van der Waals surface area (Å²) in [5.41, 5.74) is 2.44. The molecular weight excluding hydrogens is 242 g/mol. The van der Waals surface area contributed by atoms with Crippen molar-refractivity contribution in [1.82, 2.24) is 5.32 Å². The zero-order valence-electron chi connectivity index (χ0n) is 11.7. The minimum atomic E-state index is 0.676. The molecule has 100 valence electrons. The predicted molar refractivity (Wildman–Crippen MR) is 79.0 cm³/mol. The molecule has 18 heavy (non-hydrogen) atoms. The first-order chi connectivity index (χ1) is 8.61. The molecule has 0 radical (unpaired) electrons. The monoisotopic (exact) mass is 265 g/mol. The highest BCUT2D eigenvalue weighted by Gasteiger charge is 2.30. The number of hydrogen-bond acceptors (Lipinski definition) is 1. The number of rotatable bonds is 4. The summed E-state index contributed by atoms with van der Waals surface area (Å²) in [4.78, 5) is 0. The van der Waals surface area contributed by atoms with Crippen LogP contribution in [0.25, 0.3) is 0 Å². The Bertz CT molecular complexity index is 402. The van der Waals surface area contributed by atoms with Gasteiger partial charge < -0.3 is 5.32 Å². The minimum absolute atomic E-state index is 0.676. The Hall–Kier alpha value is -0.530. The number of benzene rings is 1. The van der Waals surface area contributed by atoms with Gasteiger partial charge in [-0.05, 0) is 48.8 Å². The van der Waals surface area contributed by atoms with Crippen LogP contribution in [-0.4, -0.2) is 6.04 Å². The molecule has 0 aliphatic heterocycles. The Morgan fingerprint density at radius 1 is 1.33 bits per heavy atom. The van der Waals surface area contributed by atoms with Gasteiger partial charge >= 0.3 is 0 Å². The first kappa shape index (κ1) is 13.9. The largest absolute Gasteiger partial charge is 0.310 e. The van der Waals surface area contributed by atoms with E-state index in [0.717, 1.165) is 29.0 Å². The maximum Gasteiger partial charge on any atom is 0.0438 e. The molecule has 0 spiro atoms. The third kappa shape index (κ3) is 3.07. The van der Waals surface area contributed by atoms with E-state index in [1.807, 2.05) is 6.92 Å². The minimum Gasteiger partial charge on any atom is -0.310 e. The summed E-state index contributed by atoms with van der Waals surface area (Å²) in [6.45, 7) is 7.68. The van der Waals surface area contributed by atoms with E-state index in [2.05, 4.69) is 37.4 Å². The Kier molecular flexibility index (Phi) is 4.69. The molecular formula is C16H24ClN. The summed E-state index contributed by atoms with van der Waals surface area (Å²) in [5, 5.41) is 4.58. The fourth-order valence-corrected chi connectivity index (χ4v) is 3.31. The van der Waals surface area contributed by atoms with Crippen molar-refractivity contribution >= 4 is 11.6 Å². The zero-order chi connectivity index (χ0) is 13.1. The van der Waals surface area contributed by atoms with Crippen molar-refractivity contribution in [2.45, 2.75) is 52.6 Å². The highest BCUT2D eigenvalue weighted by molar-refractivity contribution is 6.31. The normalized spacial score (nSPS) is 27.7. The van der Waals surface area contributed by atoms with Crippen LogP contribution in [0.3, 0.4) is 0 Å². The van der Waals surface area contributed by atoms with Gasteiger partial charge in [-0.1, -0.05) is 44.0 Å². The Morgan fingerprint density at radius 3 is 2.72 bits per heavy atom. The van der Waals surface area contributed by atoms with Gasteiger partial charge in [0.15, 0.2) is 0 Å². The Balaban J connectivity index is 1.90. The molecule has 1 aliphatic carbocycles. The Labute approximate surface area is 116 Å². The van der Waals surface area contributed by atoms with Gasteiger partial charge in [0.2, 0.25) is 0 Å². The molecule has 0 amide bonds. The molecule has 1 N–H and O–H groups in total. The van der Waals surface area contributed by atoms with Crippen molar-refractivity contribution in [2.75, 3.05) is 0 Å². The van der Waals surface area contributed by atoms with E-state index in [1.54, 1.807) is 0 Å². The molecule has 1 aliphatic rings. The summed E-state index contributed by atoms with van der Waals surface area (Å²) < 4.78 is 0. The van der Waals surface area contributed by atoms with Gasteiger partial charge in [-0.25, -0.2) is 0 Å². The fraction of sp³-hybridized carbons (Fsp3) is 0.625. The molecule has 1 aromatic carbocycles. The van der Waals surface area contributed by atoms with Crippen molar-refractivity contribution in [3.8, 4) is 0 Å². The summed E-state index contributed by atoms with van der Waals surface area (Å²) in [5.74, 6) is 1.71. The van der Waals surface area contributed by atoms with Crippen LogP contribution >= 0.6 is 11.6 Å². The van der Waals surface area contributed by atoms with Crippen LogP contribution in [0.4, 0.5) is 0 Å². The van der Waals surface area contributed by atoms with Gasteiger partial charge in [-0.3, -0.25) is 0 Å². The van der Waals surface area contributed by atoms with Crippen molar-refractivity contribution < 1.29 is 0 Å². The van der Waals surface area contributed by atoms with Crippen LogP contribution in [0, 0.1) is 18.8 Å². The van der Waals surface area contributed by atoms with Gasteiger partial charge in [0.25, 0.3) is 0 Å². The van der Waals surface area contributed by atoms with E-state index in [-0.39, 0.29) is 0 Å². The highest BCUT2D eigenvalue weighted by Crippen LogP contribution is 2.34. The lowest BCUT2D eigenvalue weighted by atomic mass is 9.93. The molecule has 1 fully saturated rings. The number of aryl methyl sites for hydroxylation is 1. The fourth-order valence-electron chi connectivity index (χ4n) is 3.11. The van der Waals surface area contributed by atoms with E-state index in [4.69, 9.17) is 11.6 Å². The van der Waals surface area contributed by atoms with Gasteiger partial charge in [0.1, 0.15) is 0 Å². The topological polar surface area (TPSA) is 12.0 Å². The van der Waals surface area contributed by atoms with Gasteiger partial charge in [-0.2, -0.15) is 0 Å². The summed E-state index contributed by atoms with van der Waals surface area (Å²) in [6.07, 6.45) is 4.01. The third-order valence-electron chi connectivity index (χ3n) is 4.56. The number of hydrogen-bond donors (Lipinski definition) is 1. The summed E-state index contributed by atoms with van der Waals surface area (Å²) in [7, 11) is 0. The molecule has 1 aromatic rings. The van der Waals surface area contributed by atoms with Crippen molar-refractivity contribution in [3.05, 3.63) is 34.3 Å². The van der Waals surface area contributed by atoms with Crippen molar-refractivity contribution in [3.63, 3.8) is 0 Å². The lowest BCUT2D eigenvalue weighted by Crippen LogP contribution is -2.32. The predicted octanol–water partition coefficient (Wildman–Crippen LogP) is 4.56. The summed E-state index contributed by atoms with van der Waals surface area (Å²) in [6, 6.07) is 7.04. The van der Waals surface area contributed by atoms with E-state index >= 15 is 0 Å². The standard InChI is InChI=1S/C16H24ClN/c1-4-14-7-8-16(12(14)3)18-10-13-6-5-11(2)15(17)9-13/h5-6,9,12,14,16,18H,4,7-8,10H2,1-3H3. The maximum atomic E-state index is 6.16. The van der Waals surface area contributed by atoms with Crippen LogP contribution < -0.4 is 5.32 Å². The van der Waals surface area contributed by atoms with Crippen molar-refractivity contribution in [2.24, 2.45) is 11.8 Å². The second kappa shape index (κ2) is 6.08. The molecule has 3 atom stereocenters. The first-order valence-electron chi connectivity index (χ1n) is 7.10. The molecule has 0 heterocycles. The number of halogens is 1. The first-order valence-corrected chi connectivity index (χ1v) is 7.48. The van der Waals surface area contributed by atoms with Gasteiger partial charge in [-0.15, -0.1) is 0 Å². The van der Waals surface area contributed by atoms with E-state index in [0.29, 0.717) is 6.04 Å².